The summed E-state index contributed by atoms with van der Waals surface area (Å²) < 4.78 is 33.4. The fourth-order valence-corrected chi connectivity index (χ4v) is 6.99. The van der Waals surface area contributed by atoms with Gasteiger partial charge in [0.25, 0.3) is 0 Å². The first-order valence-corrected chi connectivity index (χ1v) is 23.2. The number of hydrogen-bond acceptors (Lipinski definition) is 7. The lowest BCUT2D eigenvalue weighted by Crippen LogP contribution is -2.28. The van der Waals surface area contributed by atoms with Crippen molar-refractivity contribution in [2.45, 2.75) is 219 Å². The third-order valence-corrected chi connectivity index (χ3v) is 10.4. The fourth-order valence-electron chi connectivity index (χ4n) is 6.23. The van der Waals surface area contributed by atoms with Crippen molar-refractivity contribution in [3.8, 4) is 0 Å². The minimum Gasteiger partial charge on any atom is -0.457 e. The van der Waals surface area contributed by atoms with E-state index in [9.17, 15) is 14.3 Å². The number of carbonyl (C=O) groups excluding carboxylic acids is 1. The maximum atomic E-state index is 12.6. The van der Waals surface area contributed by atoms with Crippen LogP contribution in [0.4, 0.5) is 0 Å². The first-order valence-electron chi connectivity index (χ1n) is 21.7. The van der Waals surface area contributed by atoms with E-state index >= 15 is 0 Å². The Morgan fingerprint density at radius 1 is 0.569 bits per heavy atom. The summed E-state index contributed by atoms with van der Waals surface area (Å²) in [4.78, 5) is 22.5. The van der Waals surface area contributed by atoms with Gasteiger partial charge in [0, 0.05) is 19.6 Å². The molecule has 0 aliphatic carbocycles. The van der Waals surface area contributed by atoms with Gasteiger partial charge in [0.15, 0.2) is 0 Å². The Morgan fingerprint density at radius 3 is 1.43 bits per heavy atom. The zero-order valence-electron chi connectivity index (χ0n) is 33.6. The molecule has 2 unspecified atom stereocenters. The molecule has 0 aliphatic rings. The summed E-state index contributed by atoms with van der Waals surface area (Å²) in [5.74, 6) is -0.329. The lowest BCUT2D eigenvalue weighted by atomic mass is 10.0. The molecule has 0 fully saturated rings. The van der Waals surface area contributed by atoms with E-state index in [2.05, 4.69) is 26.0 Å². The number of unbranched alkanes of at least 4 members (excludes halogenated alkanes) is 27. The van der Waals surface area contributed by atoms with Crippen molar-refractivity contribution in [2.75, 3.05) is 33.0 Å². The summed E-state index contributed by atoms with van der Waals surface area (Å²) in [6.07, 6.45) is 42.2. The minimum atomic E-state index is -4.27. The number of rotatable bonds is 42. The Labute approximate surface area is 315 Å². The molecule has 0 saturated carbocycles. The van der Waals surface area contributed by atoms with Gasteiger partial charge in [-0.25, -0.2) is 4.57 Å². The maximum absolute atomic E-state index is 12.6. The molecule has 0 aromatic rings. The molecular formula is C42H84NO7P. The molecule has 8 nitrogen and oxygen atoms in total. The van der Waals surface area contributed by atoms with E-state index in [4.69, 9.17) is 24.3 Å². The lowest BCUT2D eigenvalue weighted by molar-refractivity contribution is -0.154. The van der Waals surface area contributed by atoms with Crippen LogP contribution >= 0.6 is 7.82 Å². The van der Waals surface area contributed by atoms with E-state index < -0.39 is 13.9 Å². The van der Waals surface area contributed by atoms with Crippen molar-refractivity contribution in [1.29, 1.82) is 0 Å². The van der Waals surface area contributed by atoms with Gasteiger partial charge in [0.1, 0.15) is 6.10 Å². The van der Waals surface area contributed by atoms with Crippen molar-refractivity contribution in [2.24, 2.45) is 5.73 Å². The smallest absolute Gasteiger partial charge is 0.457 e. The summed E-state index contributed by atoms with van der Waals surface area (Å²) in [6, 6.07) is 0. The Hall–Kier alpha value is -0.760. The number of esters is 1. The molecule has 0 aromatic heterocycles. The number of hydrogen-bond donors (Lipinski definition) is 2. The average Bonchev–Trinajstić information content (AvgIpc) is 3.12. The van der Waals surface area contributed by atoms with Gasteiger partial charge in [0.2, 0.25) is 0 Å². The molecule has 0 heterocycles. The molecule has 0 aliphatic heterocycles. The molecule has 0 rings (SSSR count). The highest BCUT2D eigenvalue weighted by atomic mass is 31.2. The van der Waals surface area contributed by atoms with Crippen molar-refractivity contribution < 1.29 is 32.8 Å². The second-order valence-corrected chi connectivity index (χ2v) is 16.0. The van der Waals surface area contributed by atoms with Crippen LogP contribution in [-0.2, 0) is 27.9 Å². The monoisotopic (exact) mass is 746 g/mol. The molecule has 0 aromatic carbocycles. The predicted molar refractivity (Wildman–Crippen MR) is 215 cm³/mol. The SMILES string of the molecule is CCCCCCCCC/C=C\CCCCCCCCOCC(COP(=O)(O)OCCN)OC(=O)CCCCCCCCCCCCCCCCC. The normalized spacial score (nSPS) is 13.6. The molecule has 0 saturated heterocycles. The highest BCUT2D eigenvalue weighted by Crippen LogP contribution is 2.43. The number of phosphoric ester groups is 1. The fraction of sp³-hybridized carbons (Fsp3) is 0.929. The molecule has 304 valence electrons. The van der Waals surface area contributed by atoms with Crippen molar-refractivity contribution >= 4 is 13.8 Å². The van der Waals surface area contributed by atoms with Crippen LogP contribution in [0.1, 0.15) is 213 Å². The summed E-state index contributed by atoms with van der Waals surface area (Å²) in [6.45, 7) is 4.94. The second-order valence-electron chi connectivity index (χ2n) is 14.6. The third-order valence-electron chi connectivity index (χ3n) is 9.43. The van der Waals surface area contributed by atoms with E-state index in [0.29, 0.717) is 13.0 Å². The van der Waals surface area contributed by atoms with Crippen LogP contribution in [0.3, 0.4) is 0 Å². The van der Waals surface area contributed by atoms with Gasteiger partial charge in [-0.1, -0.05) is 180 Å². The number of allylic oxidation sites excluding steroid dienone is 2. The maximum Gasteiger partial charge on any atom is 0.472 e. The molecule has 2 atom stereocenters. The van der Waals surface area contributed by atoms with Gasteiger partial charge in [-0.05, 0) is 38.5 Å². The van der Waals surface area contributed by atoms with Gasteiger partial charge < -0.3 is 20.1 Å². The van der Waals surface area contributed by atoms with Crippen LogP contribution in [0.15, 0.2) is 12.2 Å². The lowest BCUT2D eigenvalue weighted by Gasteiger charge is -2.20. The average molecular weight is 746 g/mol. The largest absolute Gasteiger partial charge is 0.472 e. The van der Waals surface area contributed by atoms with Crippen LogP contribution in [0.5, 0.6) is 0 Å². The van der Waals surface area contributed by atoms with Crippen LogP contribution in [0, 0.1) is 0 Å². The van der Waals surface area contributed by atoms with E-state index in [1.54, 1.807) is 0 Å². The summed E-state index contributed by atoms with van der Waals surface area (Å²) in [7, 11) is -4.27. The number of ether oxygens (including phenoxy) is 2. The van der Waals surface area contributed by atoms with Gasteiger partial charge >= 0.3 is 13.8 Å². The Morgan fingerprint density at radius 2 is 0.980 bits per heavy atom. The highest BCUT2D eigenvalue weighted by molar-refractivity contribution is 7.47. The first kappa shape index (κ1) is 50.2. The Balaban J connectivity index is 4.01. The van der Waals surface area contributed by atoms with Crippen LogP contribution < -0.4 is 5.73 Å². The molecule has 51 heavy (non-hydrogen) atoms. The number of phosphoric acid groups is 1. The number of nitrogens with two attached hydrogens (primary N) is 1. The second kappa shape index (κ2) is 40.4. The van der Waals surface area contributed by atoms with Crippen LogP contribution in [-0.4, -0.2) is 49.9 Å². The van der Waals surface area contributed by atoms with Gasteiger partial charge in [-0.15, -0.1) is 0 Å². The molecule has 9 heteroatoms. The van der Waals surface area contributed by atoms with Crippen LogP contribution in [0.25, 0.3) is 0 Å². The van der Waals surface area contributed by atoms with E-state index in [1.165, 1.54) is 161 Å². The molecular weight excluding hydrogens is 661 g/mol. The van der Waals surface area contributed by atoms with E-state index in [1.807, 2.05) is 0 Å². The third kappa shape index (κ3) is 40.3. The highest BCUT2D eigenvalue weighted by Gasteiger charge is 2.25. The topological polar surface area (TPSA) is 117 Å². The summed E-state index contributed by atoms with van der Waals surface area (Å²) in [5.41, 5.74) is 5.37. The van der Waals surface area contributed by atoms with Gasteiger partial charge in [-0.3, -0.25) is 13.8 Å². The van der Waals surface area contributed by atoms with Gasteiger partial charge in [-0.2, -0.15) is 0 Å². The van der Waals surface area contributed by atoms with Crippen molar-refractivity contribution in [3.05, 3.63) is 12.2 Å². The molecule has 0 amide bonds. The molecule has 0 bridgehead atoms. The van der Waals surface area contributed by atoms with Crippen molar-refractivity contribution in [1.82, 2.24) is 0 Å². The zero-order valence-corrected chi connectivity index (χ0v) is 34.5. The van der Waals surface area contributed by atoms with E-state index in [0.717, 1.165) is 32.1 Å². The Bertz CT molecular complexity index is 797. The Kier molecular flexibility index (Phi) is 39.8. The van der Waals surface area contributed by atoms with Gasteiger partial charge in [0.05, 0.1) is 19.8 Å². The minimum absolute atomic E-state index is 0.0933. The molecule has 0 spiro atoms. The summed E-state index contributed by atoms with van der Waals surface area (Å²) >= 11 is 0. The van der Waals surface area contributed by atoms with Crippen LogP contribution in [0.2, 0.25) is 0 Å². The molecule has 3 N–H and O–H groups in total. The first-order chi connectivity index (χ1) is 24.9. The predicted octanol–water partition coefficient (Wildman–Crippen LogP) is 12.7. The molecule has 0 radical (unpaired) electrons. The van der Waals surface area contributed by atoms with E-state index in [-0.39, 0.29) is 32.3 Å². The van der Waals surface area contributed by atoms with Crippen molar-refractivity contribution in [3.63, 3.8) is 0 Å². The number of carbonyl (C=O) groups is 1. The zero-order chi connectivity index (χ0) is 37.4. The standard InChI is InChI=1S/C42H84NO7P/c1-3-5-7-9-11-13-15-17-19-20-22-24-26-28-30-32-34-37-47-39-41(40-49-51(45,46)48-38-36-43)50-42(44)35-33-31-29-27-25-23-21-18-16-14-12-10-8-6-4-2/h19-20,41H,3-18,21-40,43H2,1-2H3,(H,45,46)/b20-19-. The quantitative estimate of drug-likeness (QED) is 0.0274. The summed E-state index contributed by atoms with van der Waals surface area (Å²) in [5, 5.41) is 0.